The Morgan fingerprint density at radius 3 is 0.386 bits per heavy atom. The summed E-state index contributed by atoms with van der Waals surface area (Å²) in [6, 6.07) is 53.8. The van der Waals surface area contributed by atoms with Crippen molar-refractivity contribution in [2.24, 2.45) is 0 Å². The zero-order valence-corrected chi connectivity index (χ0v) is 52.3. The van der Waals surface area contributed by atoms with Gasteiger partial charge in [0.25, 0.3) is 0 Å². The summed E-state index contributed by atoms with van der Waals surface area (Å²) in [6.07, 6.45) is 14.3. The number of hydrogen-bond donors (Lipinski definition) is 0. The van der Waals surface area contributed by atoms with Crippen LogP contribution in [0.2, 0.25) is 0 Å². The van der Waals surface area contributed by atoms with Crippen molar-refractivity contribution in [1.29, 1.82) is 21.0 Å². The fourth-order valence-corrected chi connectivity index (χ4v) is 6.63. The van der Waals surface area contributed by atoms with Gasteiger partial charge >= 0.3 is 68.0 Å². The molecule has 0 bridgehead atoms. The van der Waals surface area contributed by atoms with Crippen LogP contribution in [0.5, 0.6) is 0 Å². The molecule has 0 spiro atoms. The van der Waals surface area contributed by atoms with Crippen LogP contribution in [0.4, 0.5) is 69.1 Å². The van der Waals surface area contributed by atoms with Crippen LogP contribution in [0.1, 0.15) is 27.7 Å². The van der Waals surface area contributed by atoms with Crippen molar-refractivity contribution in [2.45, 2.75) is 67.9 Å². The van der Waals surface area contributed by atoms with Gasteiger partial charge in [0.1, 0.15) is 40.2 Å². The molecule has 88 heavy (non-hydrogen) atoms. The fraction of sp³-hybridized carbons (Fsp3) is 0.0833. The van der Waals surface area contributed by atoms with Gasteiger partial charge in [-0.15, -0.1) is 0 Å². The number of nitriles is 4. The van der Waals surface area contributed by atoms with E-state index in [1.165, 1.54) is 27.7 Å². The Labute approximate surface area is 539 Å². The molecule has 0 aliphatic carbocycles. The topological polar surface area (TPSA) is 261 Å². The fourth-order valence-electron chi connectivity index (χ4n) is 3.69. The average Bonchev–Trinajstić information content (AvgIpc) is 3.41. The predicted molar refractivity (Wildman–Crippen MR) is 304 cm³/mol. The van der Waals surface area contributed by atoms with Gasteiger partial charge in [-0.2, -0.15) is 21.0 Å². The third-order valence-electron chi connectivity index (χ3n) is 5.94. The molecule has 0 amide bonds. The summed E-state index contributed by atoms with van der Waals surface area (Å²) in [5.74, 6) is 0. The van der Waals surface area contributed by atoms with Gasteiger partial charge in [0.2, 0.25) is 0 Å². The van der Waals surface area contributed by atoms with E-state index < -0.39 is 29.0 Å². The van der Waals surface area contributed by atoms with E-state index in [0.717, 1.165) is 40.2 Å². The van der Waals surface area contributed by atoms with Gasteiger partial charge in [-0.3, -0.25) is 0 Å². The first-order valence-electron chi connectivity index (χ1n) is 22.2. The number of halogens is 16. The maximum Gasteiger partial charge on any atom is 2.00 e. The maximum atomic E-state index is 9.75. The Morgan fingerprint density at radius 1 is 0.250 bits per heavy atom. The van der Waals surface area contributed by atoms with E-state index in [1.807, 2.05) is 146 Å². The Kier molecular flexibility index (Phi) is 69.4. The predicted octanol–water partition coefficient (Wildman–Crippen LogP) is 16.2. The second-order valence-electron chi connectivity index (χ2n) is 12.6. The molecule has 4 N–H and O–H groups in total. The Morgan fingerprint density at radius 2 is 0.330 bits per heavy atom. The van der Waals surface area contributed by atoms with Gasteiger partial charge in [-0.25, -0.2) is 39.9 Å². The molecular weight excluding hydrogens is 1450 g/mol. The molecule has 0 aromatic carbocycles. The van der Waals surface area contributed by atoms with Crippen LogP contribution in [-0.2, 0) is 39.0 Å². The summed E-state index contributed by atoms with van der Waals surface area (Å²) >= 11 is 6.26. The first-order valence-corrected chi connectivity index (χ1v) is 25.4. The summed E-state index contributed by atoms with van der Waals surface area (Å²) in [7, 11) is -24.0. The van der Waals surface area contributed by atoms with Crippen LogP contribution in [0.15, 0.2) is 235 Å². The number of aromatic nitrogens is 8. The van der Waals surface area contributed by atoms with E-state index in [0.29, 0.717) is 0 Å². The van der Waals surface area contributed by atoms with Crippen molar-refractivity contribution < 1.29 is 119 Å². The van der Waals surface area contributed by atoms with Gasteiger partial charge < -0.3 is 80.0 Å². The third kappa shape index (κ3) is 90.1. The van der Waals surface area contributed by atoms with E-state index in [9.17, 15) is 69.1 Å². The molecule has 8 aromatic heterocycles. The monoisotopic (exact) mass is 1500 g/mol. The van der Waals surface area contributed by atoms with E-state index in [1.54, 1.807) is 121 Å². The summed E-state index contributed by atoms with van der Waals surface area (Å²) < 4.78 is 156. The molecule has 14 nitrogen and oxygen atoms in total. The van der Waals surface area contributed by atoms with Crippen molar-refractivity contribution in [2.75, 3.05) is 0 Å². The smallest absolute Gasteiger partial charge is 0.418 e. The standard InChI is InChI=1S/4C10H8N2S.4C2H3N.4BF4.2H2O.2Ru/c4*1-3-7-11-9(5-1)13-10-6-2-4-8-12-10;4*1-2-3;4*2-1(3,4)5;;;;/h4*1-8H;4*1H3;;;;;2*1H2;;/q;;;;;;;;4*-1;;;2*+2. The van der Waals surface area contributed by atoms with Gasteiger partial charge in [-0.05, 0) is 97.1 Å². The number of hydrogen-bond acceptors (Lipinski definition) is 16. The molecule has 8 rings (SSSR count). The second-order valence-corrected chi connectivity index (χ2v) is 16.8. The number of pyridine rings is 8. The molecule has 0 aliphatic rings. The van der Waals surface area contributed by atoms with Crippen LogP contribution in [0.25, 0.3) is 0 Å². The van der Waals surface area contributed by atoms with E-state index >= 15 is 0 Å². The van der Waals surface area contributed by atoms with Crippen LogP contribution < -0.4 is 0 Å². The zero-order valence-electron chi connectivity index (χ0n) is 45.5. The first-order chi connectivity index (χ1) is 39.5. The molecule has 8 aromatic rings. The molecule has 40 heteroatoms. The van der Waals surface area contributed by atoms with Crippen molar-refractivity contribution in [1.82, 2.24) is 39.9 Å². The molecule has 0 atom stereocenters. The molecule has 0 radical (unpaired) electrons. The molecule has 0 fully saturated rings. The molecular formula is C48H48B4F16N12O2Ru2S4. The first kappa shape index (κ1) is 97.1. The van der Waals surface area contributed by atoms with Crippen LogP contribution in [-0.4, -0.2) is 79.8 Å². The van der Waals surface area contributed by atoms with Crippen LogP contribution in [0, 0.1) is 45.3 Å². The summed E-state index contributed by atoms with van der Waals surface area (Å²) in [6.45, 7) is 5.72. The van der Waals surface area contributed by atoms with Crippen molar-refractivity contribution in [3.8, 4) is 24.3 Å². The van der Waals surface area contributed by atoms with Gasteiger partial charge in [0.15, 0.2) is 0 Å². The van der Waals surface area contributed by atoms with Gasteiger partial charge in [-0.1, -0.05) is 95.6 Å². The molecule has 0 aliphatic heterocycles. The third-order valence-corrected chi connectivity index (χ3v) is 9.54. The Bertz CT molecular complexity index is 2380. The second kappa shape index (κ2) is 62.9. The minimum absolute atomic E-state index is 0. The zero-order chi connectivity index (χ0) is 64.6. The Hall–Kier alpha value is -7.13. The molecule has 8 heterocycles. The number of rotatable bonds is 8. The minimum atomic E-state index is -6.00. The van der Waals surface area contributed by atoms with Gasteiger partial charge in [0, 0.05) is 77.3 Å². The van der Waals surface area contributed by atoms with Crippen LogP contribution >= 0.6 is 47.0 Å². The van der Waals surface area contributed by atoms with E-state index in [2.05, 4.69) is 39.9 Å². The van der Waals surface area contributed by atoms with Crippen LogP contribution in [0.3, 0.4) is 0 Å². The molecule has 0 unspecified atom stereocenters. The maximum absolute atomic E-state index is 9.75. The van der Waals surface area contributed by atoms with Crippen molar-refractivity contribution >= 4 is 76.1 Å². The largest absolute Gasteiger partial charge is 2.00 e. The SMILES string of the molecule is CC#N.CC#N.CC#N.CC#N.F[B-](F)(F)F.F[B-](F)(F)F.F[B-](F)(F)F.F[B-](F)(F)F.O.O.[Ru+2].[Ru+2].c1ccc(Sc2ccccn2)nc1.c1ccc(Sc2ccccn2)nc1.c1ccc(Sc2ccccn2)nc1.c1ccc(Sc2ccccn2)nc1. The van der Waals surface area contributed by atoms with Gasteiger partial charge in [0.05, 0.1) is 24.3 Å². The van der Waals surface area contributed by atoms with Crippen molar-refractivity contribution in [3.05, 3.63) is 195 Å². The average molecular weight is 1500 g/mol. The van der Waals surface area contributed by atoms with E-state index in [4.69, 9.17) is 21.0 Å². The normalized spacial score (nSPS) is 8.91. The summed E-state index contributed by atoms with van der Waals surface area (Å²) in [4.78, 5) is 33.6. The molecule has 0 saturated carbocycles. The number of nitrogens with zero attached hydrogens (tertiary/aromatic N) is 12. The van der Waals surface area contributed by atoms with Crippen molar-refractivity contribution in [3.63, 3.8) is 0 Å². The summed E-state index contributed by atoms with van der Waals surface area (Å²) in [5.41, 5.74) is 0. The molecule has 476 valence electrons. The minimum Gasteiger partial charge on any atom is -0.418 e. The van der Waals surface area contributed by atoms with E-state index in [-0.39, 0.29) is 49.9 Å². The quantitative estimate of drug-likeness (QED) is 0.101. The Balaban J connectivity index is -0.000000138. The summed E-state index contributed by atoms with van der Waals surface area (Å²) in [5, 5.41) is 37.1. The molecule has 0 saturated heterocycles.